The number of nitrogens with one attached hydrogen (secondary N) is 1. The lowest BCUT2D eigenvalue weighted by atomic mass is 10.0. The van der Waals surface area contributed by atoms with Crippen LogP contribution in [0.15, 0.2) is 12.2 Å². The average Bonchev–Trinajstić information content (AvgIpc) is 2.95. The molecule has 2 aliphatic rings. The minimum atomic E-state index is -4.17. The minimum Gasteiger partial charge on any atom is -0.332 e. The molecule has 132 valence electrons. The van der Waals surface area contributed by atoms with Crippen molar-refractivity contribution >= 4 is 6.03 Å². The Morgan fingerprint density at radius 2 is 2.17 bits per heavy atom. The Balaban J connectivity index is 1.77. The first kappa shape index (κ1) is 18.1. The molecule has 2 rings (SSSR count). The number of urea groups is 1. The highest BCUT2D eigenvalue weighted by molar-refractivity contribution is 5.75. The topological polar surface area (TPSA) is 35.6 Å². The highest BCUT2D eigenvalue weighted by Gasteiger charge is 2.33. The van der Waals surface area contributed by atoms with Crippen LogP contribution in [0.1, 0.15) is 32.6 Å². The number of nitrogens with zero attached hydrogens (tertiary/aromatic N) is 2. The predicted octanol–water partition coefficient (Wildman–Crippen LogP) is 3.01. The van der Waals surface area contributed by atoms with Gasteiger partial charge in [0.25, 0.3) is 0 Å². The van der Waals surface area contributed by atoms with Gasteiger partial charge in [0, 0.05) is 25.7 Å². The molecule has 7 heteroatoms. The Hall–Kier alpha value is -1.24. The summed E-state index contributed by atoms with van der Waals surface area (Å²) in [6.45, 7) is 2.78. The summed E-state index contributed by atoms with van der Waals surface area (Å²) in [5, 5.41) is 2.99. The monoisotopic (exact) mass is 333 g/mol. The van der Waals surface area contributed by atoms with Crippen LogP contribution in [0.25, 0.3) is 0 Å². The van der Waals surface area contributed by atoms with E-state index in [4.69, 9.17) is 0 Å². The molecule has 1 aliphatic carbocycles. The Bertz CT molecular complexity index is 425. The van der Waals surface area contributed by atoms with Crippen LogP contribution in [0.4, 0.5) is 18.0 Å². The molecule has 0 aromatic heterocycles. The molecular weight excluding hydrogens is 307 g/mol. The summed E-state index contributed by atoms with van der Waals surface area (Å²) in [4.78, 5) is 15.4. The van der Waals surface area contributed by atoms with Crippen molar-refractivity contribution in [1.29, 1.82) is 0 Å². The lowest BCUT2D eigenvalue weighted by molar-refractivity contribution is -0.146. The summed E-state index contributed by atoms with van der Waals surface area (Å²) in [6, 6.07) is -0.00408. The van der Waals surface area contributed by atoms with Crippen LogP contribution in [0.2, 0.25) is 0 Å². The van der Waals surface area contributed by atoms with Crippen molar-refractivity contribution in [3.8, 4) is 0 Å². The molecule has 1 heterocycles. The van der Waals surface area contributed by atoms with E-state index in [2.05, 4.69) is 11.4 Å². The third kappa shape index (κ3) is 6.05. The molecular formula is C16H26F3N3O. The summed E-state index contributed by atoms with van der Waals surface area (Å²) in [6.07, 6.45) is 3.79. The van der Waals surface area contributed by atoms with E-state index < -0.39 is 12.7 Å². The van der Waals surface area contributed by atoms with Crippen LogP contribution in [0, 0.1) is 5.92 Å². The number of rotatable bonds is 5. The van der Waals surface area contributed by atoms with Crippen molar-refractivity contribution in [3.63, 3.8) is 0 Å². The molecule has 4 nitrogen and oxygen atoms in total. The van der Waals surface area contributed by atoms with E-state index in [9.17, 15) is 18.0 Å². The zero-order valence-corrected chi connectivity index (χ0v) is 13.6. The van der Waals surface area contributed by atoms with Crippen molar-refractivity contribution in [2.45, 2.75) is 44.8 Å². The number of halogens is 3. The van der Waals surface area contributed by atoms with E-state index in [-0.39, 0.29) is 18.0 Å². The van der Waals surface area contributed by atoms with E-state index in [0.717, 1.165) is 25.7 Å². The second kappa shape index (κ2) is 8.04. The van der Waals surface area contributed by atoms with Crippen LogP contribution in [0.3, 0.4) is 0 Å². The standard InChI is InChI=1S/C16H26F3N3O/c1-2-21(12-16(17,18)19)10-13-8-9-22(11-13)15(23)20-14-6-4-3-5-7-14/h4,6,13-14H,2-3,5,7-12H2,1H3,(H,20,23)/t13-,14-/m1/s1. The second-order valence-corrected chi connectivity index (χ2v) is 6.46. The lowest BCUT2D eigenvalue weighted by Crippen LogP contribution is -2.44. The van der Waals surface area contributed by atoms with Crippen LogP contribution in [0.5, 0.6) is 0 Å². The summed E-state index contributed by atoms with van der Waals surface area (Å²) < 4.78 is 37.5. The van der Waals surface area contributed by atoms with Gasteiger partial charge in [0.15, 0.2) is 0 Å². The van der Waals surface area contributed by atoms with Crippen LogP contribution < -0.4 is 5.32 Å². The second-order valence-electron chi connectivity index (χ2n) is 6.46. The normalized spacial score (nSPS) is 25.2. The number of allylic oxidation sites excluding steroid dienone is 1. The summed E-state index contributed by atoms with van der Waals surface area (Å²) in [5.74, 6) is 0.116. The largest absolute Gasteiger partial charge is 0.401 e. The first-order valence-corrected chi connectivity index (χ1v) is 8.38. The zero-order chi connectivity index (χ0) is 16.9. The molecule has 1 N–H and O–H groups in total. The molecule has 23 heavy (non-hydrogen) atoms. The molecule has 1 aliphatic heterocycles. The average molecular weight is 333 g/mol. The number of carbonyl (C=O) groups excluding carboxylic acids is 1. The molecule has 1 fully saturated rings. The third-order valence-corrected chi connectivity index (χ3v) is 4.50. The molecule has 1 saturated heterocycles. The maximum atomic E-state index is 12.5. The van der Waals surface area contributed by atoms with Crippen LogP contribution in [-0.4, -0.2) is 60.8 Å². The number of alkyl halides is 3. The number of amides is 2. The van der Waals surface area contributed by atoms with E-state index in [1.54, 1.807) is 11.8 Å². The van der Waals surface area contributed by atoms with E-state index >= 15 is 0 Å². The van der Waals surface area contributed by atoms with Gasteiger partial charge < -0.3 is 10.2 Å². The molecule has 0 unspecified atom stereocenters. The molecule has 0 spiro atoms. The van der Waals surface area contributed by atoms with Crippen molar-refractivity contribution in [2.75, 3.05) is 32.7 Å². The van der Waals surface area contributed by atoms with Gasteiger partial charge in [-0.2, -0.15) is 13.2 Å². The lowest BCUT2D eigenvalue weighted by Gasteiger charge is -2.26. The van der Waals surface area contributed by atoms with Gasteiger partial charge in [-0.05, 0) is 38.1 Å². The molecule has 0 bridgehead atoms. The van der Waals surface area contributed by atoms with Crippen molar-refractivity contribution in [2.24, 2.45) is 5.92 Å². The Morgan fingerprint density at radius 3 is 2.78 bits per heavy atom. The van der Waals surface area contributed by atoms with Crippen LogP contribution >= 0.6 is 0 Å². The highest BCUT2D eigenvalue weighted by Crippen LogP contribution is 2.21. The SMILES string of the molecule is CCN(C[C@H]1CCN(C(=O)N[C@@H]2C=CCCC2)C1)CC(F)(F)F. The van der Waals surface area contributed by atoms with Gasteiger partial charge >= 0.3 is 12.2 Å². The fraction of sp³-hybridized carbons (Fsp3) is 0.812. The highest BCUT2D eigenvalue weighted by atomic mass is 19.4. The maximum Gasteiger partial charge on any atom is 0.401 e. The van der Waals surface area contributed by atoms with Gasteiger partial charge in [0.1, 0.15) is 0 Å². The van der Waals surface area contributed by atoms with Crippen molar-refractivity contribution in [1.82, 2.24) is 15.1 Å². The van der Waals surface area contributed by atoms with E-state index in [1.807, 2.05) is 6.08 Å². The van der Waals surface area contributed by atoms with Crippen molar-refractivity contribution in [3.05, 3.63) is 12.2 Å². The van der Waals surface area contributed by atoms with Gasteiger partial charge in [-0.25, -0.2) is 4.79 Å². The van der Waals surface area contributed by atoms with Gasteiger partial charge in [0.05, 0.1) is 6.54 Å². The number of likely N-dealkylation sites (tertiary alicyclic amines) is 1. The zero-order valence-electron chi connectivity index (χ0n) is 13.6. The van der Waals surface area contributed by atoms with Gasteiger partial charge in [-0.1, -0.05) is 19.1 Å². The fourth-order valence-electron chi connectivity index (χ4n) is 3.27. The van der Waals surface area contributed by atoms with E-state index in [0.29, 0.717) is 26.2 Å². The Morgan fingerprint density at radius 1 is 1.39 bits per heavy atom. The molecule has 0 saturated carbocycles. The van der Waals surface area contributed by atoms with E-state index in [1.165, 1.54) is 4.90 Å². The molecule has 2 atom stereocenters. The van der Waals surface area contributed by atoms with Gasteiger partial charge in [-0.15, -0.1) is 0 Å². The smallest absolute Gasteiger partial charge is 0.332 e. The van der Waals surface area contributed by atoms with Crippen LogP contribution in [-0.2, 0) is 0 Å². The molecule has 0 aromatic carbocycles. The summed E-state index contributed by atoms with van der Waals surface area (Å²) in [5.41, 5.74) is 0. The number of hydrogen-bond donors (Lipinski definition) is 1. The predicted molar refractivity (Wildman–Crippen MR) is 83.2 cm³/mol. The summed E-state index contributed by atoms with van der Waals surface area (Å²) in [7, 11) is 0. The molecule has 0 aromatic rings. The van der Waals surface area contributed by atoms with Gasteiger partial charge in [-0.3, -0.25) is 4.90 Å². The quantitative estimate of drug-likeness (QED) is 0.785. The Kier molecular flexibility index (Phi) is 6.33. The first-order chi connectivity index (χ1) is 10.9. The third-order valence-electron chi connectivity index (χ3n) is 4.50. The number of hydrogen-bond acceptors (Lipinski definition) is 2. The van der Waals surface area contributed by atoms with Crippen molar-refractivity contribution < 1.29 is 18.0 Å². The number of carbonyl (C=O) groups is 1. The molecule has 2 amide bonds. The van der Waals surface area contributed by atoms with Gasteiger partial charge in [0.2, 0.25) is 0 Å². The molecule has 0 radical (unpaired) electrons. The first-order valence-electron chi connectivity index (χ1n) is 8.38. The Labute approximate surface area is 135 Å². The summed E-state index contributed by atoms with van der Waals surface area (Å²) >= 11 is 0. The maximum absolute atomic E-state index is 12.5. The minimum absolute atomic E-state index is 0.0904. The fourth-order valence-corrected chi connectivity index (χ4v) is 3.27.